The fourth-order valence-electron chi connectivity index (χ4n) is 2.97. The zero-order valence-electron chi connectivity index (χ0n) is 15.8. The highest BCUT2D eigenvalue weighted by atomic mass is 19.1. The summed E-state index contributed by atoms with van der Waals surface area (Å²) in [5.74, 6) is 0.586. The number of nitrogens with one attached hydrogen (secondary N) is 1. The van der Waals surface area contributed by atoms with Crippen molar-refractivity contribution in [2.45, 2.75) is 6.42 Å². The third-order valence-electron chi connectivity index (χ3n) is 4.50. The van der Waals surface area contributed by atoms with E-state index < -0.39 is 0 Å². The maximum absolute atomic E-state index is 13.1. The van der Waals surface area contributed by atoms with E-state index in [0.717, 1.165) is 6.42 Å². The van der Waals surface area contributed by atoms with Gasteiger partial charge in [0.15, 0.2) is 5.75 Å². The van der Waals surface area contributed by atoms with Crippen LogP contribution in [-0.2, 0) is 13.5 Å². The molecule has 2 heterocycles. The molecular weight excluding hydrogens is 371 g/mol. The minimum Gasteiger partial charge on any atom is -0.452 e. The summed E-state index contributed by atoms with van der Waals surface area (Å²) in [7, 11) is 1.63. The molecule has 0 saturated heterocycles. The van der Waals surface area contributed by atoms with Gasteiger partial charge in [0.2, 0.25) is 5.95 Å². The first-order valence-electron chi connectivity index (χ1n) is 9.18. The van der Waals surface area contributed by atoms with Gasteiger partial charge in [0.05, 0.1) is 0 Å². The molecule has 0 amide bonds. The topological polar surface area (TPSA) is 69.0 Å². The smallest absolute Gasteiger partial charge is 0.294 e. The van der Waals surface area contributed by atoms with Gasteiger partial charge in [0, 0.05) is 25.2 Å². The molecule has 146 valence electrons. The van der Waals surface area contributed by atoms with E-state index in [-0.39, 0.29) is 17.1 Å². The van der Waals surface area contributed by atoms with Crippen LogP contribution in [0.3, 0.4) is 0 Å². The quantitative estimate of drug-likeness (QED) is 0.541. The van der Waals surface area contributed by atoms with Gasteiger partial charge in [-0.2, -0.15) is 4.98 Å². The van der Waals surface area contributed by atoms with Crippen molar-refractivity contribution in [3.8, 4) is 11.5 Å². The lowest BCUT2D eigenvalue weighted by molar-refractivity contribution is 0.470. The molecule has 7 heteroatoms. The summed E-state index contributed by atoms with van der Waals surface area (Å²) >= 11 is 0. The first-order valence-corrected chi connectivity index (χ1v) is 9.18. The van der Waals surface area contributed by atoms with Crippen molar-refractivity contribution >= 4 is 17.0 Å². The number of ether oxygens (including phenoxy) is 1. The lowest BCUT2D eigenvalue weighted by atomic mass is 10.1. The number of halogens is 1. The molecule has 0 atom stereocenters. The highest BCUT2D eigenvalue weighted by Crippen LogP contribution is 2.22. The molecule has 0 aliphatic rings. The number of rotatable bonds is 6. The van der Waals surface area contributed by atoms with Crippen LogP contribution >= 0.6 is 0 Å². The Balaban J connectivity index is 1.55. The number of fused-ring (bicyclic) bond motifs is 1. The molecule has 0 radical (unpaired) electrons. The molecule has 1 N–H and O–H groups in total. The maximum Gasteiger partial charge on any atom is 0.294 e. The van der Waals surface area contributed by atoms with E-state index in [1.54, 1.807) is 19.3 Å². The van der Waals surface area contributed by atoms with Crippen molar-refractivity contribution in [1.82, 2.24) is 14.5 Å². The van der Waals surface area contributed by atoms with Crippen LogP contribution in [0, 0.1) is 5.82 Å². The summed E-state index contributed by atoms with van der Waals surface area (Å²) in [6, 6.07) is 17.2. The zero-order valence-corrected chi connectivity index (χ0v) is 15.8. The molecule has 4 rings (SSSR count). The molecule has 0 aliphatic heterocycles. The van der Waals surface area contributed by atoms with E-state index >= 15 is 0 Å². The van der Waals surface area contributed by atoms with Crippen LogP contribution in [-0.4, -0.2) is 21.1 Å². The summed E-state index contributed by atoms with van der Waals surface area (Å²) < 4.78 is 20.1. The predicted molar refractivity (Wildman–Crippen MR) is 110 cm³/mol. The molecule has 0 bridgehead atoms. The molecule has 0 unspecified atom stereocenters. The third kappa shape index (κ3) is 4.24. The van der Waals surface area contributed by atoms with Crippen molar-refractivity contribution in [3.63, 3.8) is 0 Å². The van der Waals surface area contributed by atoms with Gasteiger partial charge in [-0.15, -0.1) is 0 Å². The number of hydrogen-bond acceptors (Lipinski definition) is 5. The summed E-state index contributed by atoms with van der Waals surface area (Å²) in [4.78, 5) is 21.4. The Morgan fingerprint density at radius 1 is 1.10 bits per heavy atom. The fourth-order valence-corrected chi connectivity index (χ4v) is 2.97. The average Bonchev–Trinajstić information content (AvgIpc) is 2.74. The monoisotopic (exact) mass is 390 g/mol. The second-order valence-electron chi connectivity index (χ2n) is 6.56. The molecule has 0 aliphatic carbocycles. The number of hydrogen-bond donors (Lipinski definition) is 1. The van der Waals surface area contributed by atoms with Crippen molar-refractivity contribution in [2.75, 3.05) is 11.9 Å². The first-order chi connectivity index (χ1) is 14.1. The molecule has 29 heavy (non-hydrogen) atoms. The van der Waals surface area contributed by atoms with Crippen LogP contribution in [0.1, 0.15) is 5.56 Å². The summed E-state index contributed by atoms with van der Waals surface area (Å²) in [6.07, 6.45) is 2.48. The van der Waals surface area contributed by atoms with Gasteiger partial charge in [-0.1, -0.05) is 30.3 Å². The van der Waals surface area contributed by atoms with E-state index in [2.05, 4.69) is 27.4 Å². The Bertz CT molecular complexity index is 1190. The van der Waals surface area contributed by atoms with Gasteiger partial charge in [0.25, 0.3) is 5.56 Å². The van der Waals surface area contributed by atoms with E-state index in [4.69, 9.17) is 4.74 Å². The fraction of sp³-hybridized carbons (Fsp3) is 0.136. The number of aromatic nitrogens is 3. The molecule has 0 fully saturated rings. The predicted octanol–water partition coefficient (Wildman–Crippen LogP) is 3.91. The van der Waals surface area contributed by atoms with Crippen LogP contribution in [0.4, 0.5) is 10.3 Å². The number of nitrogens with zero attached hydrogens (tertiary/aromatic N) is 3. The summed E-state index contributed by atoms with van der Waals surface area (Å²) in [5, 5.41) is 3.85. The Morgan fingerprint density at radius 3 is 2.62 bits per heavy atom. The van der Waals surface area contributed by atoms with Gasteiger partial charge in [-0.3, -0.25) is 9.36 Å². The van der Waals surface area contributed by atoms with E-state index in [1.165, 1.54) is 34.4 Å². The van der Waals surface area contributed by atoms with Crippen molar-refractivity contribution < 1.29 is 9.13 Å². The Kier molecular flexibility index (Phi) is 5.20. The van der Waals surface area contributed by atoms with Gasteiger partial charge in [0.1, 0.15) is 17.2 Å². The lowest BCUT2D eigenvalue weighted by Crippen LogP contribution is -2.20. The molecule has 6 nitrogen and oxygen atoms in total. The summed E-state index contributed by atoms with van der Waals surface area (Å²) in [6.45, 7) is 0.676. The van der Waals surface area contributed by atoms with E-state index in [1.807, 2.05) is 18.2 Å². The standard InChI is InChI=1S/C22H19FN4O2/c1-27-20-16(13-19(21(27)28)29-18-9-7-17(23)8-10-18)14-25-22(26-20)24-12-11-15-5-3-2-4-6-15/h2-10,13-14H,11-12H2,1H3,(H,24,25,26). The second-order valence-corrected chi connectivity index (χ2v) is 6.56. The highest BCUT2D eigenvalue weighted by molar-refractivity contribution is 5.76. The Hall–Kier alpha value is -3.74. The first kappa shape index (κ1) is 18.6. The number of benzene rings is 2. The van der Waals surface area contributed by atoms with Crippen LogP contribution in [0.25, 0.3) is 11.0 Å². The average molecular weight is 390 g/mol. The van der Waals surface area contributed by atoms with Gasteiger partial charge >= 0.3 is 0 Å². The van der Waals surface area contributed by atoms with Gasteiger partial charge in [-0.25, -0.2) is 9.37 Å². The van der Waals surface area contributed by atoms with Crippen molar-refractivity contribution in [2.24, 2.45) is 7.05 Å². The second kappa shape index (κ2) is 8.10. The van der Waals surface area contributed by atoms with E-state index in [0.29, 0.717) is 29.3 Å². The minimum atomic E-state index is -0.371. The van der Waals surface area contributed by atoms with Gasteiger partial charge in [-0.05, 0) is 42.3 Å². The molecule has 0 spiro atoms. The molecule has 2 aromatic carbocycles. The van der Waals surface area contributed by atoms with Crippen molar-refractivity contribution in [3.05, 3.63) is 88.6 Å². The highest BCUT2D eigenvalue weighted by Gasteiger charge is 2.11. The third-order valence-corrected chi connectivity index (χ3v) is 4.50. The van der Waals surface area contributed by atoms with Crippen LogP contribution in [0.15, 0.2) is 71.7 Å². The zero-order chi connectivity index (χ0) is 20.2. The number of pyridine rings is 1. The molecule has 0 saturated carbocycles. The normalized spacial score (nSPS) is 10.8. The Labute approximate surface area is 166 Å². The Morgan fingerprint density at radius 2 is 1.86 bits per heavy atom. The molecule has 4 aromatic rings. The SMILES string of the molecule is Cn1c(=O)c(Oc2ccc(F)cc2)cc2cnc(NCCc3ccccc3)nc21. The number of anilines is 1. The number of aryl methyl sites for hydroxylation is 1. The van der Waals surface area contributed by atoms with Crippen LogP contribution in [0.5, 0.6) is 11.5 Å². The van der Waals surface area contributed by atoms with Crippen LogP contribution in [0.2, 0.25) is 0 Å². The van der Waals surface area contributed by atoms with Crippen LogP contribution < -0.4 is 15.6 Å². The molecule has 2 aromatic heterocycles. The summed E-state index contributed by atoms with van der Waals surface area (Å²) in [5.41, 5.74) is 1.38. The minimum absolute atomic E-state index is 0.125. The lowest BCUT2D eigenvalue weighted by Gasteiger charge is -2.11. The van der Waals surface area contributed by atoms with E-state index in [9.17, 15) is 9.18 Å². The van der Waals surface area contributed by atoms with Crippen molar-refractivity contribution in [1.29, 1.82) is 0 Å². The molecular formula is C22H19FN4O2. The maximum atomic E-state index is 13.1. The largest absolute Gasteiger partial charge is 0.452 e. The van der Waals surface area contributed by atoms with Gasteiger partial charge < -0.3 is 10.1 Å².